The fourth-order valence-corrected chi connectivity index (χ4v) is 2.83. The van der Waals surface area contributed by atoms with Crippen LogP contribution >= 0.6 is 31.9 Å². The summed E-state index contributed by atoms with van der Waals surface area (Å²) >= 11 is 6.82. The van der Waals surface area contributed by atoms with Crippen molar-refractivity contribution >= 4 is 37.6 Å². The summed E-state index contributed by atoms with van der Waals surface area (Å²) < 4.78 is 14.7. The molecule has 0 heterocycles. The predicted molar refractivity (Wildman–Crippen MR) is 81.1 cm³/mol. The SMILES string of the molecule is Cc1cc(Br)c(C(=O)c2ccc(F)cc2C)cc1Br. The molecule has 0 aliphatic heterocycles. The average molecular weight is 386 g/mol. The Bertz CT molecular complexity index is 665. The van der Waals surface area contributed by atoms with Gasteiger partial charge in [-0.1, -0.05) is 31.9 Å². The number of halogens is 3. The van der Waals surface area contributed by atoms with Crippen LogP contribution in [-0.4, -0.2) is 5.78 Å². The van der Waals surface area contributed by atoms with Crippen molar-refractivity contribution in [2.75, 3.05) is 0 Å². The molecular formula is C15H11Br2FO. The van der Waals surface area contributed by atoms with Crippen molar-refractivity contribution in [3.63, 3.8) is 0 Å². The molecule has 0 aliphatic carbocycles. The maximum Gasteiger partial charge on any atom is 0.194 e. The van der Waals surface area contributed by atoms with Gasteiger partial charge in [0.15, 0.2) is 5.78 Å². The molecule has 2 aromatic rings. The molecule has 0 saturated heterocycles. The quantitative estimate of drug-likeness (QED) is 0.649. The van der Waals surface area contributed by atoms with Gasteiger partial charge in [-0.3, -0.25) is 4.79 Å². The molecule has 0 bridgehead atoms. The Morgan fingerprint density at radius 3 is 2.26 bits per heavy atom. The van der Waals surface area contributed by atoms with Crippen molar-refractivity contribution in [1.29, 1.82) is 0 Å². The van der Waals surface area contributed by atoms with Crippen LogP contribution in [0.25, 0.3) is 0 Å². The Morgan fingerprint density at radius 2 is 1.63 bits per heavy atom. The lowest BCUT2D eigenvalue weighted by Crippen LogP contribution is -2.05. The van der Waals surface area contributed by atoms with E-state index in [-0.39, 0.29) is 11.6 Å². The number of hydrogen-bond acceptors (Lipinski definition) is 1. The van der Waals surface area contributed by atoms with Crippen LogP contribution in [0.2, 0.25) is 0 Å². The third-order valence-electron chi connectivity index (χ3n) is 2.93. The summed E-state index contributed by atoms with van der Waals surface area (Å²) in [5, 5.41) is 0. The molecule has 2 aromatic carbocycles. The van der Waals surface area contributed by atoms with E-state index in [2.05, 4.69) is 31.9 Å². The Balaban J connectivity index is 2.53. The van der Waals surface area contributed by atoms with Crippen molar-refractivity contribution in [1.82, 2.24) is 0 Å². The molecule has 0 saturated carbocycles. The molecule has 0 aromatic heterocycles. The van der Waals surface area contributed by atoms with E-state index >= 15 is 0 Å². The standard InChI is InChI=1S/C15H11Br2FO/c1-8-5-10(18)3-4-11(8)15(19)12-7-13(16)9(2)6-14(12)17/h3-7H,1-2H3. The molecule has 0 spiro atoms. The molecule has 0 radical (unpaired) electrons. The van der Waals surface area contributed by atoms with Gasteiger partial charge in [0, 0.05) is 20.1 Å². The minimum Gasteiger partial charge on any atom is -0.289 e. The van der Waals surface area contributed by atoms with E-state index in [4.69, 9.17) is 0 Å². The minimum atomic E-state index is -0.335. The van der Waals surface area contributed by atoms with E-state index in [0.717, 1.165) is 14.5 Å². The smallest absolute Gasteiger partial charge is 0.194 e. The first kappa shape index (κ1) is 14.4. The van der Waals surface area contributed by atoms with Crippen LogP contribution < -0.4 is 0 Å². The normalized spacial score (nSPS) is 10.6. The number of aryl methyl sites for hydroxylation is 2. The first-order valence-electron chi connectivity index (χ1n) is 5.66. The minimum absolute atomic E-state index is 0.120. The summed E-state index contributed by atoms with van der Waals surface area (Å²) in [4.78, 5) is 12.5. The van der Waals surface area contributed by atoms with E-state index in [1.54, 1.807) is 13.0 Å². The highest BCUT2D eigenvalue weighted by molar-refractivity contribution is 9.11. The van der Waals surface area contributed by atoms with E-state index in [1.165, 1.54) is 18.2 Å². The number of hydrogen-bond donors (Lipinski definition) is 0. The summed E-state index contributed by atoms with van der Waals surface area (Å²) in [7, 11) is 0. The van der Waals surface area contributed by atoms with E-state index in [0.29, 0.717) is 16.7 Å². The van der Waals surface area contributed by atoms with Crippen LogP contribution in [-0.2, 0) is 0 Å². The lowest BCUT2D eigenvalue weighted by atomic mass is 9.98. The largest absolute Gasteiger partial charge is 0.289 e. The van der Waals surface area contributed by atoms with Gasteiger partial charge in [0.2, 0.25) is 0 Å². The van der Waals surface area contributed by atoms with Crippen LogP contribution in [0.15, 0.2) is 39.3 Å². The van der Waals surface area contributed by atoms with Crippen LogP contribution in [0.5, 0.6) is 0 Å². The molecule has 98 valence electrons. The molecule has 0 atom stereocenters. The molecule has 0 amide bonds. The highest BCUT2D eigenvalue weighted by Gasteiger charge is 2.16. The number of rotatable bonds is 2. The van der Waals surface area contributed by atoms with Gasteiger partial charge in [-0.25, -0.2) is 4.39 Å². The van der Waals surface area contributed by atoms with Crippen molar-refractivity contribution in [2.45, 2.75) is 13.8 Å². The first-order valence-corrected chi connectivity index (χ1v) is 7.25. The summed E-state index contributed by atoms with van der Waals surface area (Å²) in [5.41, 5.74) is 2.75. The van der Waals surface area contributed by atoms with Crippen molar-refractivity contribution < 1.29 is 9.18 Å². The summed E-state index contributed by atoms with van der Waals surface area (Å²) in [6, 6.07) is 7.86. The van der Waals surface area contributed by atoms with E-state index < -0.39 is 0 Å². The van der Waals surface area contributed by atoms with Gasteiger partial charge in [-0.2, -0.15) is 0 Å². The maximum absolute atomic E-state index is 13.1. The van der Waals surface area contributed by atoms with Crippen molar-refractivity contribution in [3.05, 3.63) is 67.3 Å². The third kappa shape index (κ3) is 2.95. The molecule has 19 heavy (non-hydrogen) atoms. The molecule has 0 aliphatic rings. The number of carbonyl (C=O) groups is 1. The van der Waals surface area contributed by atoms with E-state index in [1.807, 2.05) is 13.0 Å². The van der Waals surface area contributed by atoms with Gasteiger partial charge in [0.1, 0.15) is 5.82 Å². The zero-order valence-corrected chi connectivity index (χ0v) is 13.6. The lowest BCUT2D eigenvalue weighted by molar-refractivity contribution is 0.103. The van der Waals surface area contributed by atoms with Gasteiger partial charge in [0.25, 0.3) is 0 Å². The predicted octanol–water partition coefficient (Wildman–Crippen LogP) is 5.20. The second kappa shape index (κ2) is 5.55. The second-order valence-electron chi connectivity index (χ2n) is 4.37. The molecule has 2 rings (SSSR count). The summed E-state index contributed by atoms with van der Waals surface area (Å²) in [6.07, 6.45) is 0. The average Bonchev–Trinajstić information content (AvgIpc) is 2.33. The zero-order valence-electron chi connectivity index (χ0n) is 10.4. The van der Waals surface area contributed by atoms with Crippen LogP contribution in [0.1, 0.15) is 27.0 Å². The molecular weight excluding hydrogens is 375 g/mol. The van der Waals surface area contributed by atoms with Crippen molar-refractivity contribution in [3.8, 4) is 0 Å². The fourth-order valence-electron chi connectivity index (χ4n) is 1.85. The molecule has 1 nitrogen and oxygen atoms in total. The number of carbonyl (C=O) groups excluding carboxylic acids is 1. The zero-order chi connectivity index (χ0) is 14.2. The second-order valence-corrected chi connectivity index (χ2v) is 6.08. The summed E-state index contributed by atoms with van der Waals surface area (Å²) in [5.74, 6) is -0.455. The van der Waals surface area contributed by atoms with Crippen LogP contribution in [0.4, 0.5) is 4.39 Å². The highest BCUT2D eigenvalue weighted by atomic mass is 79.9. The molecule has 0 N–H and O–H groups in total. The molecule has 0 unspecified atom stereocenters. The molecule has 4 heteroatoms. The monoisotopic (exact) mass is 384 g/mol. The van der Waals surface area contributed by atoms with Crippen LogP contribution in [0.3, 0.4) is 0 Å². The Kier molecular flexibility index (Phi) is 4.21. The first-order chi connectivity index (χ1) is 8.90. The fraction of sp³-hybridized carbons (Fsp3) is 0.133. The topological polar surface area (TPSA) is 17.1 Å². The number of ketones is 1. The number of benzene rings is 2. The van der Waals surface area contributed by atoms with Gasteiger partial charge >= 0.3 is 0 Å². The van der Waals surface area contributed by atoms with Gasteiger partial charge in [-0.15, -0.1) is 0 Å². The highest BCUT2D eigenvalue weighted by Crippen LogP contribution is 2.28. The third-order valence-corrected chi connectivity index (χ3v) is 4.44. The lowest BCUT2D eigenvalue weighted by Gasteiger charge is -2.09. The van der Waals surface area contributed by atoms with Gasteiger partial charge < -0.3 is 0 Å². The Hall–Kier alpha value is -1.000. The maximum atomic E-state index is 13.1. The van der Waals surface area contributed by atoms with Gasteiger partial charge in [0.05, 0.1) is 0 Å². The summed E-state index contributed by atoms with van der Waals surface area (Å²) in [6.45, 7) is 3.68. The van der Waals surface area contributed by atoms with Gasteiger partial charge in [-0.05, 0) is 55.3 Å². The Morgan fingerprint density at radius 1 is 0.947 bits per heavy atom. The Labute approximate surface area is 128 Å². The van der Waals surface area contributed by atoms with E-state index in [9.17, 15) is 9.18 Å². The molecule has 0 fully saturated rings. The van der Waals surface area contributed by atoms with Crippen LogP contribution in [0, 0.1) is 19.7 Å². The van der Waals surface area contributed by atoms with Crippen molar-refractivity contribution in [2.24, 2.45) is 0 Å².